The highest BCUT2D eigenvalue weighted by Gasteiger charge is 2.32. The number of carbonyl (C=O) groups excluding carboxylic acids is 1. The van der Waals surface area contributed by atoms with E-state index >= 15 is 0 Å². The van der Waals surface area contributed by atoms with E-state index in [-0.39, 0.29) is 11.9 Å². The molecule has 0 saturated heterocycles. The number of hydrogen-bond donors (Lipinski definition) is 2. The molecule has 1 aromatic rings. The van der Waals surface area contributed by atoms with Crippen LogP contribution < -0.4 is 10.6 Å². The lowest BCUT2D eigenvalue weighted by atomic mass is 9.93. The lowest BCUT2D eigenvalue weighted by Crippen LogP contribution is -2.45. The maximum Gasteiger partial charge on any atom is 0.241 e. The van der Waals surface area contributed by atoms with Gasteiger partial charge in [-0.15, -0.1) is 0 Å². The number of nitrogens with one attached hydrogen (secondary N) is 2. The maximum atomic E-state index is 12.3. The summed E-state index contributed by atoms with van der Waals surface area (Å²) >= 11 is 0. The molecule has 0 spiro atoms. The summed E-state index contributed by atoms with van der Waals surface area (Å²) in [4.78, 5) is 12.3. The van der Waals surface area contributed by atoms with E-state index < -0.39 is 0 Å². The summed E-state index contributed by atoms with van der Waals surface area (Å²) in [5.41, 5.74) is 2.06. The number of amides is 1. The lowest BCUT2D eigenvalue weighted by molar-refractivity contribution is -0.118. The molecule has 3 heteroatoms. The van der Waals surface area contributed by atoms with E-state index in [9.17, 15) is 4.79 Å². The van der Waals surface area contributed by atoms with Gasteiger partial charge in [0.2, 0.25) is 5.91 Å². The molecule has 2 N–H and O–H groups in total. The normalized spacial score (nSPS) is 26.6. The van der Waals surface area contributed by atoms with Gasteiger partial charge in [0.05, 0.1) is 6.04 Å². The molecule has 21 heavy (non-hydrogen) atoms. The van der Waals surface area contributed by atoms with Crippen molar-refractivity contribution in [3.05, 3.63) is 29.8 Å². The van der Waals surface area contributed by atoms with Crippen molar-refractivity contribution in [2.45, 2.75) is 59.0 Å². The summed E-state index contributed by atoms with van der Waals surface area (Å²) in [5, 5.41) is 6.49. The van der Waals surface area contributed by atoms with Crippen molar-refractivity contribution in [3.8, 4) is 0 Å². The molecule has 116 valence electrons. The molecule has 0 radical (unpaired) electrons. The lowest BCUT2D eigenvalue weighted by Gasteiger charge is -2.24. The average Bonchev–Trinajstić information content (AvgIpc) is 2.82. The Labute approximate surface area is 128 Å². The fourth-order valence-electron chi connectivity index (χ4n) is 3.34. The highest BCUT2D eigenvalue weighted by Crippen LogP contribution is 2.34. The Morgan fingerprint density at radius 1 is 1.29 bits per heavy atom. The second-order valence-corrected chi connectivity index (χ2v) is 6.45. The maximum absolute atomic E-state index is 12.3. The first-order valence-corrected chi connectivity index (χ1v) is 8.14. The van der Waals surface area contributed by atoms with Crippen LogP contribution in [0.15, 0.2) is 24.3 Å². The van der Waals surface area contributed by atoms with Gasteiger partial charge < -0.3 is 10.6 Å². The summed E-state index contributed by atoms with van der Waals surface area (Å²) in [5.74, 6) is 1.51. The molecule has 0 bridgehead atoms. The molecule has 1 fully saturated rings. The van der Waals surface area contributed by atoms with E-state index in [0.29, 0.717) is 12.0 Å². The van der Waals surface area contributed by atoms with Crippen LogP contribution in [-0.2, 0) is 4.79 Å². The van der Waals surface area contributed by atoms with Crippen molar-refractivity contribution >= 4 is 11.6 Å². The molecular formula is C18H28N2O. The Morgan fingerprint density at radius 3 is 2.52 bits per heavy atom. The number of carbonyl (C=O) groups is 1. The summed E-state index contributed by atoms with van der Waals surface area (Å²) < 4.78 is 0. The molecule has 1 saturated carbocycles. The molecule has 1 aromatic carbocycles. The van der Waals surface area contributed by atoms with Crippen LogP contribution in [0.2, 0.25) is 0 Å². The van der Waals surface area contributed by atoms with Crippen molar-refractivity contribution < 1.29 is 4.79 Å². The zero-order chi connectivity index (χ0) is 15.4. The van der Waals surface area contributed by atoms with Crippen molar-refractivity contribution in [1.82, 2.24) is 5.32 Å². The minimum atomic E-state index is -0.158. The molecule has 0 aromatic heterocycles. The van der Waals surface area contributed by atoms with Gasteiger partial charge in [0.25, 0.3) is 0 Å². The third-order valence-corrected chi connectivity index (χ3v) is 4.93. The van der Waals surface area contributed by atoms with Crippen molar-refractivity contribution in [3.63, 3.8) is 0 Å². The smallest absolute Gasteiger partial charge is 0.241 e. The van der Waals surface area contributed by atoms with E-state index in [1.807, 2.05) is 38.1 Å². The highest BCUT2D eigenvalue weighted by atomic mass is 16.2. The fraction of sp³-hybridized carbons (Fsp3) is 0.611. The SMILES string of the molecule is CCC1CCC(NC(C)C(=O)Nc2ccc(C)cc2)C1C. The number of rotatable bonds is 5. The van der Waals surface area contributed by atoms with Crippen LogP contribution >= 0.6 is 0 Å². The Morgan fingerprint density at radius 2 is 1.95 bits per heavy atom. The van der Waals surface area contributed by atoms with Crippen LogP contribution in [-0.4, -0.2) is 18.0 Å². The summed E-state index contributed by atoms with van der Waals surface area (Å²) in [6.45, 7) is 8.57. The van der Waals surface area contributed by atoms with Crippen LogP contribution in [0.4, 0.5) is 5.69 Å². The largest absolute Gasteiger partial charge is 0.325 e. The molecule has 3 nitrogen and oxygen atoms in total. The van der Waals surface area contributed by atoms with Gasteiger partial charge >= 0.3 is 0 Å². The number of benzene rings is 1. The summed E-state index contributed by atoms with van der Waals surface area (Å²) in [6.07, 6.45) is 3.70. The molecule has 4 atom stereocenters. The van der Waals surface area contributed by atoms with E-state index in [2.05, 4.69) is 24.5 Å². The number of hydrogen-bond acceptors (Lipinski definition) is 2. The molecule has 1 aliphatic rings. The van der Waals surface area contributed by atoms with Gasteiger partial charge in [0, 0.05) is 11.7 Å². The minimum Gasteiger partial charge on any atom is -0.325 e. The summed E-state index contributed by atoms with van der Waals surface area (Å²) in [7, 11) is 0. The molecule has 1 aliphatic carbocycles. The zero-order valence-electron chi connectivity index (χ0n) is 13.6. The molecular weight excluding hydrogens is 260 g/mol. The van der Waals surface area contributed by atoms with Gasteiger partial charge in [-0.25, -0.2) is 0 Å². The van der Waals surface area contributed by atoms with Gasteiger partial charge in [-0.2, -0.15) is 0 Å². The Bertz CT molecular complexity index is 469. The molecule has 1 amide bonds. The van der Waals surface area contributed by atoms with Gasteiger partial charge in [-0.3, -0.25) is 4.79 Å². The first-order valence-electron chi connectivity index (χ1n) is 8.14. The fourth-order valence-corrected chi connectivity index (χ4v) is 3.34. The Hall–Kier alpha value is -1.35. The number of anilines is 1. The molecule has 2 rings (SSSR count). The highest BCUT2D eigenvalue weighted by molar-refractivity contribution is 5.94. The first kappa shape index (κ1) is 16.0. The minimum absolute atomic E-state index is 0.0472. The van der Waals surface area contributed by atoms with Gasteiger partial charge in [0.15, 0.2) is 0 Å². The van der Waals surface area contributed by atoms with Crippen LogP contribution in [0.1, 0.15) is 45.6 Å². The molecule has 0 aliphatic heterocycles. The Balaban J connectivity index is 1.87. The van der Waals surface area contributed by atoms with E-state index in [1.54, 1.807) is 0 Å². The molecule has 0 heterocycles. The van der Waals surface area contributed by atoms with Crippen LogP contribution in [0.5, 0.6) is 0 Å². The third-order valence-electron chi connectivity index (χ3n) is 4.93. The van der Waals surface area contributed by atoms with E-state index in [1.165, 1.54) is 24.8 Å². The predicted octanol–water partition coefficient (Wildman–Crippen LogP) is 3.74. The van der Waals surface area contributed by atoms with Crippen LogP contribution in [0.25, 0.3) is 0 Å². The topological polar surface area (TPSA) is 41.1 Å². The second-order valence-electron chi connectivity index (χ2n) is 6.45. The predicted molar refractivity (Wildman–Crippen MR) is 88.4 cm³/mol. The third kappa shape index (κ3) is 4.07. The summed E-state index contributed by atoms with van der Waals surface area (Å²) in [6, 6.07) is 8.23. The van der Waals surface area contributed by atoms with Gasteiger partial charge in [0.1, 0.15) is 0 Å². The Kier molecular flexibility index (Phi) is 5.40. The monoisotopic (exact) mass is 288 g/mol. The van der Waals surface area contributed by atoms with Crippen LogP contribution in [0, 0.1) is 18.8 Å². The average molecular weight is 288 g/mol. The zero-order valence-corrected chi connectivity index (χ0v) is 13.6. The second kappa shape index (κ2) is 7.08. The van der Waals surface area contributed by atoms with Crippen LogP contribution in [0.3, 0.4) is 0 Å². The molecule has 4 unspecified atom stereocenters. The van der Waals surface area contributed by atoms with E-state index in [4.69, 9.17) is 0 Å². The van der Waals surface area contributed by atoms with Gasteiger partial charge in [-0.1, -0.05) is 38.0 Å². The van der Waals surface area contributed by atoms with Gasteiger partial charge in [-0.05, 0) is 50.7 Å². The van der Waals surface area contributed by atoms with Crippen molar-refractivity contribution in [2.24, 2.45) is 11.8 Å². The van der Waals surface area contributed by atoms with E-state index in [0.717, 1.165) is 11.6 Å². The number of aryl methyl sites for hydroxylation is 1. The standard InChI is InChI=1S/C18H28N2O/c1-5-15-8-11-17(13(15)3)19-14(4)18(21)20-16-9-6-12(2)7-10-16/h6-7,9-10,13-15,17,19H,5,8,11H2,1-4H3,(H,20,21). The quantitative estimate of drug-likeness (QED) is 0.866. The van der Waals surface area contributed by atoms with Crippen molar-refractivity contribution in [2.75, 3.05) is 5.32 Å². The first-order chi connectivity index (χ1) is 10.0. The van der Waals surface area contributed by atoms with Crippen molar-refractivity contribution in [1.29, 1.82) is 0 Å².